The summed E-state index contributed by atoms with van der Waals surface area (Å²) < 4.78 is 27.5. The summed E-state index contributed by atoms with van der Waals surface area (Å²) in [6, 6.07) is 6.57. The number of hydrogen-bond donors (Lipinski definition) is 1. The van der Waals surface area contributed by atoms with Crippen molar-refractivity contribution in [1.82, 2.24) is 4.31 Å². The summed E-state index contributed by atoms with van der Waals surface area (Å²) in [5.41, 5.74) is 0.558. The highest BCUT2D eigenvalue weighted by molar-refractivity contribution is 7.89. The third-order valence-corrected chi connectivity index (χ3v) is 6.94. The van der Waals surface area contributed by atoms with E-state index in [1.165, 1.54) is 10.4 Å². The van der Waals surface area contributed by atoms with E-state index in [1.54, 1.807) is 26.0 Å². The van der Waals surface area contributed by atoms with Gasteiger partial charge in [0.2, 0.25) is 15.9 Å². The van der Waals surface area contributed by atoms with E-state index in [-0.39, 0.29) is 23.4 Å². The smallest absolute Gasteiger partial charge is 0.244 e. The first-order chi connectivity index (χ1) is 11.3. The van der Waals surface area contributed by atoms with Crippen molar-refractivity contribution >= 4 is 21.6 Å². The molecule has 2 aliphatic rings. The number of sulfonamides is 1. The maximum Gasteiger partial charge on any atom is 0.244 e. The van der Waals surface area contributed by atoms with E-state index in [9.17, 15) is 13.2 Å². The molecule has 0 unspecified atom stereocenters. The van der Waals surface area contributed by atoms with E-state index in [2.05, 4.69) is 5.32 Å². The molecule has 0 spiro atoms. The Morgan fingerprint density at radius 2 is 2.00 bits per heavy atom. The molecule has 1 aromatic rings. The molecule has 1 aromatic carbocycles. The molecular weight excluding hydrogens is 326 g/mol. The van der Waals surface area contributed by atoms with E-state index in [1.807, 2.05) is 6.07 Å². The lowest BCUT2D eigenvalue weighted by atomic mass is 9.86. The highest BCUT2D eigenvalue weighted by Crippen LogP contribution is 2.39. The van der Waals surface area contributed by atoms with Crippen molar-refractivity contribution in [3.63, 3.8) is 0 Å². The van der Waals surface area contributed by atoms with Crippen molar-refractivity contribution in [1.29, 1.82) is 5.26 Å². The zero-order valence-electron chi connectivity index (χ0n) is 13.9. The average molecular weight is 347 g/mol. The minimum absolute atomic E-state index is 0.115. The number of rotatable bonds is 4. The quantitative estimate of drug-likeness (QED) is 0.847. The van der Waals surface area contributed by atoms with E-state index in [0.29, 0.717) is 11.3 Å². The Balaban J connectivity index is 2.03. The van der Waals surface area contributed by atoms with Gasteiger partial charge in [-0.05, 0) is 50.5 Å². The van der Waals surface area contributed by atoms with Crippen LogP contribution in [0.25, 0.3) is 0 Å². The molecule has 1 amide bonds. The summed E-state index contributed by atoms with van der Waals surface area (Å²) in [7, 11) is -3.76. The van der Waals surface area contributed by atoms with Gasteiger partial charge in [-0.15, -0.1) is 0 Å². The minimum Gasteiger partial charge on any atom is -0.325 e. The van der Waals surface area contributed by atoms with Gasteiger partial charge in [0.05, 0.1) is 16.4 Å². The third kappa shape index (κ3) is 2.60. The lowest BCUT2D eigenvalue weighted by Gasteiger charge is -2.26. The zero-order chi connectivity index (χ0) is 17.5. The summed E-state index contributed by atoms with van der Waals surface area (Å²) in [6.07, 6.45) is 3.55. The van der Waals surface area contributed by atoms with Gasteiger partial charge in [-0.25, -0.2) is 8.42 Å². The van der Waals surface area contributed by atoms with Gasteiger partial charge in [0.25, 0.3) is 0 Å². The van der Waals surface area contributed by atoms with Gasteiger partial charge in [-0.2, -0.15) is 9.57 Å². The molecule has 1 aliphatic heterocycles. The first-order valence-corrected chi connectivity index (χ1v) is 9.57. The monoisotopic (exact) mass is 347 g/mol. The SMILES string of the molecule is CC1(C)C(=O)Nc2ccc(S(=O)(=O)N(CC#N)C3CCCC3)cc21. The normalized spacial score (nSPS) is 20.0. The van der Waals surface area contributed by atoms with Crippen LogP contribution in [-0.2, 0) is 20.2 Å². The Hall–Kier alpha value is -1.91. The fourth-order valence-electron chi connectivity index (χ4n) is 3.52. The summed E-state index contributed by atoms with van der Waals surface area (Å²) in [6.45, 7) is 3.40. The van der Waals surface area contributed by atoms with E-state index >= 15 is 0 Å². The largest absolute Gasteiger partial charge is 0.325 e. The van der Waals surface area contributed by atoms with Gasteiger partial charge < -0.3 is 5.32 Å². The van der Waals surface area contributed by atoms with Crippen LogP contribution in [0.5, 0.6) is 0 Å². The van der Waals surface area contributed by atoms with E-state index in [0.717, 1.165) is 25.7 Å². The minimum atomic E-state index is -3.76. The first-order valence-electron chi connectivity index (χ1n) is 8.13. The molecule has 0 atom stereocenters. The van der Waals surface area contributed by atoms with Crippen molar-refractivity contribution in [2.45, 2.75) is 55.9 Å². The maximum atomic E-state index is 13.1. The van der Waals surface area contributed by atoms with Gasteiger partial charge in [0.15, 0.2) is 0 Å². The summed E-state index contributed by atoms with van der Waals surface area (Å²) in [5, 5.41) is 11.8. The van der Waals surface area contributed by atoms with Crippen LogP contribution in [0.1, 0.15) is 45.1 Å². The highest BCUT2D eigenvalue weighted by atomic mass is 32.2. The number of carbonyl (C=O) groups is 1. The zero-order valence-corrected chi connectivity index (χ0v) is 14.7. The summed E-state index contributed by atoms with van der Waals surface area (Å²) in [5.74, 6) is -0.142. The second kappa shape index (κ2) is 5.87. The Bertz CT molecular complexity index is 818. The van der Waals surface area contributed by atoms with E-state index in [4.69, 9.17) is 5.26 Å². The highest BCUT2D eigenvalue weighted by Gasteiger charge is 2.40. The number of anilines is 1. The Labute approximate surface area is 142 Å². The molecule has 1 heterocycles. The Morgan fingerprint density at radius 1 is 1.33 bits per heavy atom. The molecule has 0 aromatic heterocycles. The molecule has 0 bridgehead atoms. The molecule has 1 saturated carbocycles. The van der Waals surface area contributed by atoms with Crippen molar-refractivity contribution in [2.75, 3.05) is 11.9 Å². The number of nitrogens with zero attached hydrogens (tertiary/aromatic N) is 2. The molecule has 1 aliphatic carbocycles. The molecule has 7 heteroatoms. The van der Waals surface area contributed by atoms with Gasteiger partial charge in [-0.3, -0.25) is 4.79 Å². The Morgan fingerprint density at radius 3 is 2.62 bits per heavy atom. The molecule has 1 fully saturated rings. The topological polar surface area (TPSA) is 90.3 Å². The van der Waals surface area contributed by atoms with Crippen LogP contribution in [0.4, 0.5) is 5.69 Å². The van der Waals surface area contributed by atoms with Crippen LogP contribution in [-0.4, -0.2) is 31.2 Å². The molecular formula is C17H21N3O3S. The van der Waals surface area contributed by atoms with Gasteiger partial charge in [0, 0.05) is 11.7 Å². The van der Waals surface area contributed by atoms with Gasteiger partial charge in [0.1, 0.15) is 6.54 Å². The van der Waals surface area contributed by atoms with Gasteiger partial charge in [-0.1, -0.05) is 12.8 Å². The number of fused-ring (bicyclic) bond motifs is 1. The van der Waals surface area contributed by atoms with Crippen molar-refractivity contribution in [2.24, 2.45) is 0 Å². The van der Waals surface area contributed by atoms with Crippen molar-refractivity contribution in [3.05, 3.63) is 23.8 Å². The number of amides is 1. The van der Waals surface area contributed by atoms with Gasteiger partial charge >= 0.3 is 0 Å². The number of carbonyl (C=O) groups excluding carboxylic acids is 1. The van der Waals surface area contributed by atoms with Crippen LogP contribution >= 0.6 is 0 Å². The molecule has 128 valence electrons. The van der Waals surface area contributed by atoms with Crippen LogP contribution in [0.3, 0.4) is 0 Å². The predicted molar refractivity (Wildman–Crippen MR) is 89.9 cm³/mol. The first kappa shape index (κ1) is 16.9. The van der Waals surface area contributed by atoms with Crippen LogP contribution in [0.2, 0.25) is 0 Å². The second-order valence-electron chi connectivity index (χ2n) is 6.93. The summed E-state index contributed by atoms with van der Waals surface area (Å²) >= 11 is 0. The fourth-order valence-corrected chi connectivity index (χ4v) is 5.13. The number of hydrogen-bond acceptors (Lipinski definition) is 4. The molecule has 3 rings (SSSR count). The number of nitrogens with one attached hydrogen (secondary N) is 1. The fraction of sp³-hybridized carbons (Fsp3) is 0.529. The Kier molecular flexibility index (Phi) is 4.14. The van der Waals surface area contributed by atoms with Crippen molar-refractivity contribution in [3.8, 4) is 6.07 Å². The van der Waals surface area contributed by atoms with E-state index < -0.39 is 15.4 Å². The molecule has 0 saturated heterocycles. The molecule has 0 radical (unpaired) electrons. The second-order valence-corrected chi connectivity index (χ2v) is 8.82. The van der Waals surface area contributed by atoms with Crippen LogP contribution < -0.4 is 5.32 Å². The molecule has 1 N–H and O–H groups in total. The predicted octanol–water partition coefficient (Wildman–Crippen LogP) is 2.37. The summed E-state index contributed by atoms with van der Waals surface area (Å²) in [4.78, 5) is 12.2. The maximum absolute atomic E-state index is 13.1. The lowest BCUT2D eigenvalue weighted by molar-refractivity contribution is -0.119. The standard InChI is InChI=1S/C17H21N3O3S/c1-17(2)14-11-13(7-8-15(14)19-16(17)21)24(22,23)20(10-9-18)12-5-3-4-6-12/h7-8,11-12H,3-6,10H2,1-2H3,(H,19,21). The number of benzene rings is 1. The van der Waals surface area contributed by atoms with Crippen LogP contribution in [0, 0.1) is 11.3 Å². The van der Waals surface area contributed by atoms with Crippen molar-refractivity contribution < 1.29 is 13.2 Å². The molecule has 6 nitrogen and oxygen atoms in total. The lowest BCUT2D eigenvalue weighted by Crippen LogP contribution is -2.39. The average Bonchev–Trinajstić information content (AvgIpc) is 3.12. The molecule has 24 heavy (non-hydrogen) atoms. The number of nitriles is 1. The van der Waals surface area contributed by atoms with Crippen LogP contribution in [0.15, 0.2) is 23.1 Å². The third-order valence-electron chi connectivity index (χ3n) is 5.05.